The average molecular weight is 759 g/mol. The van der Waals surface area contributed by atoms with Crippen LogP contribution < -0.4 is 9.80 Å². The van der Waals surface area contributed by atoms with Gasteiger partial charge in [0.2, 0.25) is 0 Å². The third-order valence-electron chi connectivity index (χ3n) is 14.2. The van der Waals surface area contributed by atoms with Gasteiger partial charge in [0.25, 0.3) is 0 Å². The van der Waals surface area contributed by atoms with E-state index >= 15 is 0 Å². The molecule has 59 heavy (non-hydrogen) atoms. The second kappa shape index (κ2) is 13.7. The highest BCUT2D eigenvalue weighted by molar-refractivity contribution is 6.14. The zero-order valence-corrected chi connectivity index (χ0v) is 33.2. The fraction of sp³-hybridized carbons (Fsp3) is 0.158. The predicted octanol–water partition coefficient (Wildman–Crippen LogP) is 14.7. The summed E-state index contributed by atoms with van der Waals surface area (Å²) >= 11 is 0. The van der Waals surface area contributed by atoms with Crippen molar-refractivity contribution < 1.29 is 0 Å². The topological polar surface area (TPSA) is 6.48 Å². The van der Waals surface area contributed by atoms with Gasteiger partial charge in [-0.1, -0.05) is 152 Å². The van der Waals surface area contributed by atoms with Crippen molar-refractivity contribution in [3.8, 4) is 0 Å². The molecule has 0 fully saturated rings. The molecule has 5 atom stereocenters. The molecule has 0 amide bonds. The number of fused-ring (bicyclic) bond motifs is 13. The number of benzene rings is 7. The van der Waals surface area contributed by atoms with E-state index in [1.54, 1.807) is 0 Å². The molecule has 0 saturated heterocycles. The number of para-hydroxylation sites is 2. The normalized spacial score (nSPS) is 23.4. The van der Waals surface area contributed by atoms with Gasteiger partial charge in [-0.3, -0.25) is 0 Å². The van der Waals surface area contributed by atoms with Crippen molar-refractivity contribution in [1.29, 1.82) is 0 Å². The Balaban J connectivity index is 1.09. The molecule has 5 unspecified atom stereocenters. The molecule has 7 aromatic rings. The fourth-order valence-corrected chi connectivity index (χ4v) is 12.0. The molecule has 2 heteroatoms. The Hall–Kier alpha value is -6.64. The van der Waals surface area contributed by atoms with E-state index in [0.717, 1.165) is 24.9 Å². The number of hydrogen-bond acceptors (Lipinski definition) is 2. The second-order valence-electron chi connectivity index (χ2n) is 17.0. The van der Waals surface area contributed by atoms with Crippen molar-refractivity contribution in [3.63, 3.8) is 0 Å². The summed E-state index contributed by atoms with van der Waals surface area (Å²) in [6.07, 6.45) is 23.7. The largest absolute Gasteiger partial charge is 0.317 e. The summed E-state index contributed by atoms with van der Waals surface area (Å²) in [5, 5.41) is 5.07. The standard InChI is InChI=1S/C57H46N2/c1-4-20-40(21-5-1)58(41-22-6-2-7-23-41)54-34-18-33-52-56(54)49-30-15-17-32-51(49)57(52)50-31-16-14-28-46(50)47-36-35-43(38-53(47)57)59(42-24-8-3-9-25-42)55-37-39-19-10-11-26-44(39)45-27-12-13-29-48(45)55/h1-6,8-15,17-22,24-30,32-38,46,50,52,56H,7,16,23,31H2. The van der Waals surface area contributed by atoms with Crippen LogP contribution in [-0.4, -0.2) is 0 Å². The van der Waals surface area contributed by atoms with Crippen LogP contribution in [0.1, 0.15) is 59.8 Å². The summed E-state index contributed by atoms with van der Waals surface area (Å²) in [4.78, 5) is 5.13. The summed E-state index contributed by atoms with van der Waals surface area (Å²) < 4.78 is 0. The van der Waals surface area contributed by atoms with Crippen molar-refractivity contribution in [2.75, 3.05) is 9.80 Å². The molecule has 2 nitrogen and oxygen atoms in total. The zero-order chi connectivity index (χ0) is 38.9. The van der Waals surface area contributed by atoms with E-state index in [0.29, 0.717) is 11.8 Å². The quantitative estimate of drug-likeness (QED) is 0.123. The van der Waals surface area contributed by atoms with Gasteiger partial charge in [-0.2, -0.15) is 0 Å². The molecular formula is C57H46N2. The van der Waals surface area contributed by atoms with E-state index in [2.05, 4.69) is 216 Å². The maximum absolute atomic E-state index is 2.62. The van der Waals surface area contributed by atoms with E-state index in [-0.39, 0.29) is 17.3 Å². The predicted molar refractivity (Wildman–Crippen MR) is 247 cm³/mol. The summed E-state index contributed by atoms with van der Waals surface area (Å²) in [5.74, 6) is 1.28. The highest BCUT2D eigenvalue weighted by atomic mass is 15.2. The Labute approximate surface area is 347 Å². The van der Waals surface area contributed by atoms with Crippen LogP contribution in [0.2, 0.25) is 0 Å². The average Bonchev–Trinajstić information content (AvgIpc) is 3.78. The van der Waals surface area contributed by atoms with E-state index in [1.807, 2.05) is 0 Å². The van der Waals surface area contributed by atoms with E-state index in [4.69, 9.17) is 0 Å². The minimum absolute atomic E-state index is 0.199. The van der Waals surface area contributed by atoms with Crippen LogP contribution in [0.25, 0.3) is 21.5 Å². The Morgan fingerprint density at radius 2 is 1.24 bits per heavy atom. The SMILES string of the molecule is C1=CCCC(N(C2=CC=CC3C2c2ccccc2C32c3cc(N(c4ccccc4)c4cc5ccccc5c5ccccc45)ccc3C3C=CCCC32)c2ccccc2)=C1. The number of anilines is 4. The monoisotopic (exact) mass is 758 g/mol. The van der Waals surface area contributed by atoms with Crippen LogP contribution in [0.4, 0.5) is 22.7 Å². The molecule has 12 rings (SSSR count). The van der Waals surface area contributed by atoms with Crippen molar-refractivity contribution >= 4 is 44.3 Å². The van der Waals surface area contributed by atoms with Gasteiger partial charge in [0, 0.05) is 57.0 Å². The maximum Gasteiger partial charge on any atom is 0.0546 e. The first-order valence-electron chi connectivity index (χ1n) is 21.6. The molecule has 0 bridgehead atoms. The number of rotatable bonds is 6. The fourth-order valence-electron chi connectivity index (χ4n) is 12.0. The lowest BCUT2D eigenvalue weighted by molar-refractivity contribution is 0.244. The Morgan fingerprint density at radius 1 is 0.508 bits per heavy atom. The third-order valence-corrected chi connectivity index (χ3v) is 14.2. The summed E-state index contributed by atoms with van der Waals surface area (Å²) in [5.41, 5.74) is 13.4. The van der Waals surface area contributed by atoms with Crippen molar-refractivity contribution in [2.24, 2.45) is 11.8 Å². The first kappa shape index (κ1) is 34.4. The smallest absolute Gasteiger partial charge is 0.0546 e. The minimum Gasteiger partial charge on any atom is -0.317 e. The van der Waals surface area contributed by atoms with Gasteiger partial charge in [0.05, 0.1) is 5.69 Å². The molecule has 0 aliphatic heterocycles. The van der Waals surface area contributed by atoms with Crippen LogP contribution in [0.3, 0.4) is 0 Å². The van der Waals surface area contributed by atoms with Gasteiger partial charge in [0.1, 0.15) is 0 Å². The van der Waals surface area contributed by atoms with Crippen LogP contribution in [-0.2, 0) is 5.41 Å². The maximum atomic E-state index is 2.62. The molecule has 284 valence electrons. The van der Waals surface area contributed by atoms with Gasteiger partial charge < -0.3 is 9.80 Å². The Morgan fingerprint density at radius 3 is 2.05 bits per heavy atom. The molecule has 1 spiro atoms. The first-order valence-corrected chi connectivity index (χ1v) is 21.6. The van der Waals surface area contributed by atoms with Crippen LogP contribution >= 0.6 is 0 Å². The molecule has 0 aromatic heterocycles. The van der Waals surface area contributed by atoms with Gasteiger partial charge in [-0.05, 0) is 125 Å². The second-order valence-corrected chi connectivity index (χ2v) is 17.0. The highest BCUT2D eigenvalue weighted by Gasteiger charge is 2.63. The molecule has 5 aliphatic rings. The number of nitrogens with zero attached hydrogens (tertiary/aromatic N) is 2. The number of allylic oxidation sites excluding steroid dienone is 10. The lowest BCUT2D eigenvalue weighted by Crippen LogP contribution is -2.41. The highest BCUT2D eigenvalue weighted by Crippen LogP contribution is 2.70. The lowest BCUT2D eigenvalue weighted by Gasteiger charge is -2.44. The van der Waals surface area contributed by atoms with Gasteiger partial charge in [0.15, 0.2) is 0 Å². The molecule has 0 N–H and O–H groups in total. The molecular weight excluding hydrogens is 713 g/mol. The van der Waals surface area contributed by atoms with Gasteiger partial charge >= 0.3 is 0 Å². The minimum atomic E-state index is -0.199. The zero-order valence-electron chi connectivity index (χ0n) is 33.2. The Bertz CT molecular complexity index is 2930. The molecule has 0 radical (unpaired) electrons. The van der Waals surface area contributed by atoms with Crippen molar-refractivity contribution in [3.05, 3.63) is 240 Å². The van der Waals surface area contributed by atoms with Crippen LogP contribution in [0, 0.1) is 11.8 Å². The van der Waals surface area contributed by atoms with Crippen molar-refractivity contribution in [2.45, 2.75) is 42.9 Å². The molecule has 7 aromatic carbocycles. The van der Waals surface area contributed by atoms with E-state index in [9.17, 15) is 0 Å². The van der Waals surface area contributed by atoms with Gasteiger partial charge in [-0.15, -0.1) is 0 Å². The summed E-state index contributed by atoms with van der Waals surface area (Å²) in [7, 11) is 0. The van der Waals surface area contributed by atoms with E-state index < -0.39 is 0 Å². The van der Waals surface area contributed by atoms with E-state index in [1.165, 1.54) is 78.7 Å². The molecule has 0 saturated carbocycles. The summed E-state index contributed by atoms with van der Waals surface area (Å²) in [6, 6.07) is 59.4. The lowest BCUT2D eigenvalue weighted by atomic mass is 9.60. The first-order chi connectivity index (χ1) is 29.3. The van der Waals surface area contributed by atoms with Crippen LogP contribution in [0.15, 0.2) is 218 Å². The molecule has 5 aliphatic carbocycles. The number of hydrogen-bond donors (Lipinski definition) is 0. The third kappa shape index (κ3) is 5.12. The molecule has 0 heterocycles. The Kier molecular flexibility index (Phi) is 8.01. The van der Waals surface area contributed by atoms with Crippen molar-refractivity contribution in [1.82, 2.24) is 0 Å². The summed E-state index contributed by atoms with van der Waals surface area (Å²) in [6.45, 7) is 0. The van der Waals surface area contributed by atoms with Crippen LogP contribution in [0.5, 0.6) is 0 Å². The van der Waals surface area contributed by atoms with Gasteiger partial charge in [-0.25, -0.2) is 0 Å².